The zero-order valence-corrected chi connectivity index (χ0v) is 12.0. The van der Waals surface area contributed by atoms with Gasteiger partial charge >= 0.3 is 0 Å². The molecule has 0 saturated heterocycles. The van der Waals surface area contributed by atoms with Crippen molar-refractivity contribution in [2.24, 2.45) is 0 Å². The van der Waals surface area contributed by atoms with Gasteiger partial charge in [0.2, 0.25) is 0 Å². The molecule has 1 atom stereocenters. The van der Waals surface area contributed by atoms with Gasteiger partial charge in [-0.1, -0.05) is 39.5 Å². The monoisotopic (exact) mass is 248 g/mol. The van der Waals surface area contributed by atoms with Crippen LogP contribution in [-0.4, -0.2) is 17.6 Å². The van der Waals surface area contributed by atoms with E-state index in [2.05, 4.69) is 36.3 Å². The standard InChI is InChI=1S/C16H28N2/c1-3-5-6-7-8-16(18-4-2)10-9-15-11-13-17-14-12-15/h11-14,16,18H,3-10H2,1-2H3. The van der Waals surface area contributed by atoms with E-state index in [0.29, 0.717) is 6.04 Å². The first-order valence-corrected chi connectivity index (χ1v) is 7.49. The largest absolute Gasteiger partial charge is 0.314 e. The van der Waals surface area contributed by atoms with Crippen LogP contribution in [0.15, 0.2) is 24.5 Å². The molecule has 1 rings (SSSR count). The average Bonchev–Trinajstić information content (AvgIpc) is 2.42. The van der Waals surface area contributed by atoms with Crippen LogP contribution >= 0.6 is 0 Å². The Morgan fingerprint density at radius 3 is 2.50 bits per heavy atom. The first kappa shape index (κ1) is 15.2. The van der Waals surface area contributed by atoms with Gasteiger partial charge in [0.1, 0.15) is 0 Å². The van der Waals surface area contributed by atoms with Gasteiger partial charge in [0, 0.05) is 18.4 Å². The van der Waals surface area contributed by atoms with E-state index in [-0.39, 0.29) is 0 Å². The summed E-state index contributed by atoms with van der Waals surface area (Å²) in [4.78, 5) is 4.06. The van der Waals surface area contributed by atoms with Gasteiger partial charge in [0.25, 0.3) is 0 Å². The molecule has 0 amide bonds. The molecule has 0 aliphatic rings. The van der Waals surface area contributed by atoms with Crippen molar-refractivity contribution in [1.29, 1.82) is 0 Å². The van der Waals surface area contributed by atoms with Crippen LogP contribution < -0.4 is 5.32 Å². The fourth-order valence-corrected chi connectivity index (χ4v) is 2.35. The summed E-state index contributed by atoms with van der Waals surface area (Å²) < 4.78 is 0. The lowest BCUT2D eigenvalue weighted by Gasteiger charge is -2.17. The molecule has 1 aromatic heterocycles. The highest BCUT2D eigenvalue weighted by Gasteiger charge is 2.07. The molecule has 0 bridgehead atoms. The van der Waals surface area contributed by atoms with E-state index in [1.807, 2.05) is 12.4 Å². The van der Waals surface area contributed by atoms with E-state index in [1.54, 1.807) is 0 Å². The number of nitrogens with one attached hydrogen (secondary N) is 1. The summed E-state index contributed by atoms with van der Waals surface area (Å²) in [5.41, 5.74) is 1.40. The first-order chi connectivity index (χ1) is 8.86. The zero-order valence-electron chi connectivity index (χ0n) is 12.0. The molecule has 2 nitrogen and oxygen atoms in total. The number of nitrogens with zero attached hydrogens (tertiary/aromatic N) is 1. The molecule has 0 saturated carbocycles. The quantitative estimate of drug-likeness (QED) is 0.634. The van der Waals surface area contributed by atoms with E-state index >= 15 is 0 Å². The van der Waals surface area contributed by atoms with Gasteiger partial charge in [-0.2, -0.15) is 0 Å². The van der Waals surface area contributed by atoms with E-state index < -0.39 is 0 Å². The minimum absolute atomic E-state index is 0.681. The Kier molecular flexibility index (Phi) is 8.49. The number of unbranched alkanes of at least 4 members (excludes halogenated alkanes) is 3. The molecule has 18 heavy (non-hydrogen) atoms. The fraction of sp³-hybridized carbons (Fsp3) is 0.688. The summed E-state index contributed by atoms with van der Waals surface area (Å²) in [7, 11) is 0. The normalized spacial score (nSPS) is 12.6. The second-order valence-electron chi connectivity index (χ2n) is 5.00. The lowest BCUT2D eigenvalue weighted by atomic mass is 10.0. The van der Waals surface area contributed by atoms with Crippen molar-refractivity contribution < 1.29 is 0 Å². The van der Waals surface area contributed by atoms with Crippen LogP contribution in [0.1, 0.15) is 57.9 Å². The minimum Gasteiger partial charge on any atom is -0.314 e. The maximum Gasteiger partial charge on any atom is 0.0270 e. The lowest BCUT2D eigenvalue weighted by molar-refractivity contribution is 0.441. The maximum atomic E-state index is 4.06. The third kappa shape index (κ3) is 6.75. The van der Waals surface area contributed by atoms with Crippen molar-refractivity contribution in [2.75, 3.05) is 6.54 Å². The average molecular weight is 248 g/mol. The summed E-state index contributed by atoms with van der Waals surface area (Å²) in [6.45, 7) is 5.55. The van der Waals surface area contributed by atoms with Crippen LogP contribution in [0.2, 0.25) is 0 Å². The third-order valence-electron chi connectivity index (χ3n) is 3.43. The fourth-order valence-electron chi connectivity index (χ4n) is 2.35. The molecule has 0 aromatic carbocycles. The second-order valence-corrected chi connectivity index (χ2v) is 5.00. The Morgan fingerprint density at radius 2 is 1.83 bits per heavy atom. The van der Waals surface area contributed by atoms with Gasteiger partial charge < -0.3 is 5.32 Å². The molecule has 1 unspecified atom stereocenters. The van der Waals surface area contributed by atoms with Crippen LogP contribution in [0, 0.1) is 0 Å². The number of rotatable bonds is 10. The van der Waals surface area contributed by atoms with Crippen LogP contribution in [0.3, 0.4) is 0 Å². The molecule has 0 aliphatic carbocycles. The molecule has 0 fully saturated rings. The molecule has 0 spiro atoms. The lowest BCUT2D eigenvalue weighted by Crippen LogP contribution is -2.29. The Hall–Kier alpha value is -0.890. The molecule has 1 aromatic rings. The first-order valence-electron chi connectivity index (χ1n) is 7.49. The van der Waals surface area contributed by atoms with Crippen molar-refractivity contribution in [3.05, 3.63) is 30.1 Å². The highest BCUT2D eigenvalue weighted by Crippen LogP contribution is 2.11. The van der Waals surface area contributed by atoms with Gasteiger partial charge in [-0.15, -0.1) is 0 Å². The molecule has 102 valence electrons. The Bertz CT molecular complexity index is 284. The third-order valence-corrected chi connectivity index (χ3v) is 3.43. The Labute approximate surface area is 112 Å². The molecule has 2 heteroatoms. The molecule has 0 radical (unpaired) electrons. The van der Waals surface area contributed by atoms with Crippen molar-refractivity contribution in [1.82, 2.24) is 10.3 Å². The van der Waals surface area contributed by atoms with Crippen molar-refractivity contribution in [2.45, 2.75) is 64.8 Å². The van der Waals surface area contributed by atoms with Crippen molar-refractivity contribution >= 4 is 0 Å². The number of pyridine rings is 1. The van der Waals surface area contributed by atoms with Gasteiger partial charge in [-0.3, -0.25) is 4.98 Å². The van der Waals surface area contributed by atoms with Gasteiger partial charge in [-0.25, -0.2) is 0 Å². The zero-order chi connectivity index (χ0) is 13.1. The number of hydrogen-bond acceptors (Lipinski definition) is 2. The van der Waals surface area contributed by atoms with Gasteiger partial charge in [0.15, 0.2) is 0 Å². The summed E-state index contributed by atoms with van der Waals surface area (Å²) in [6.07, 6.45) is 12.9. The van der Waals surface area contributed by atoms with E-state index in [4.69, 9.17) is 0 Å². The molecule has 1 N–H and O–H groups in total. The smallest absolute Gasteiger partial charge is 0.0270 e. The van der Waals surface area contributed by atoms with Gasteiger partial charge in [-0.05, 0) is 43.5 Å². The Morgan fingerprint density at radius 1 is 1.06 bits per heavy atom. The van der Waals surface area contributed by atoms with Crippen molar-refractivity contribution in [3.8, 4) is 0 Å². The Balaban J connectivity index is 2.24. The predicted molar refractivity (Wildman–Crippen MR) is 78.8 cm³/mol. The summed E-state index contributed by atoms with van der Waals surface area (Å²) in [5, 5.41) is 3.61. The van der Waals surface area contributed by atoms with Gasteiger partial charge in [0.05, 0.1) is 0 Å². The van der Waals surface area contributed by atoms with Crippen LogP contribution in [0.25, 0.3) is 0 Å². The van der Waals surface area contributed by atoms with Crippen molar-refractivity contribution in [3.63, 3.8) is 0 Å². The molecular formula is C16H28N2. The molecule has 1 heterocycles. The second kappa shape index (κ2) is 10.1. The molecular weight excluding hydrogens is 220 g/mol. The van der Waals surface area contributed by atoms with Crippen LogP contribution in [0.4, 0.5) is 0 Å². The number of aryl methyl sites for hydroxylation is 1. The summed E-state index contributed by atoms with van der Waals surface area (Å²) in [5.74, 6) is 0. The van der Waals surface area contributed by atoms with E-state index in [9.17, 15) is 0 Å². The maximum absolute atomic E-state index is 4.06. The summed E-state index contributed by atoms with van der Waals surface area (Å²) in [6, 6.07) is 4.93. The van der Waals surface area contributed by atoms with Crippen LogP contribution in [0.5, 0.6) is 0 Å². The minimum atomic E-state index is 0.681. The van der Waals surface area contributed by atoms with Crippen LogP contribution in [-0.2, 0) is 6.42 Å². The number of hydrogen-bond donors (Lipinski definition) is 1. The van der Waals surface area contributed by atoms with E-state index in [0.717, 1.165) is 13.0 Å². The molecule has 0 aliphatic heterocycles. The topological polar surface area (TPSA) is 24.9 Å². The SMILES string of the molecule is CCCCCCC(CCc1ccncc1)NCC. The number of aromatic nitrogens is 1. The highest BCUT2D eigenvalue weighted by molar-refractivity contribution is 5.09. The highest BCUT2D eigenvalue weighted by atomic mass is 14.9. The summed E-state index contributed by atoms with van der Waals surface area (Å²) >= 11 is 0. The predicted octanol–water partition coefficient (Wildman–Crippen LogP) is 3.96. The van der Waals surface area contributed by atoms with E-state index in [1.165, 1.54) is 44.1 Å².